The molecule has 1 aromatic carbocycles. The van der Waals surface area contributed by atoms with Gasteiger partial charge in [-0.15, -0.1) is 0 Å². The van der Waals surface area contributed by atoms with Gasteiger partial charge in [0.1, 0.15) is 17.1 Å². The van der Waals surface area contributed by atoms with Crippen molar-refractivity contribution in [3.8, 4) is 5.75 Å². The molecule has 1 N–H and O–H groups in total. The number of pyridine rings is 1. The van der Waals surface area contributed by atoms with Crippen molar-refractivity contribution in [1.82, 2.24) is 4.98 Å². The number of benzene rings is 1. The zero-order valence-corrected chi connectivity index (χ0v) is 12.5. The summed E-state index contributed by atoms with van der Waals surface area (Å²) in [5.74, 6) is 0.464. The highest BCUT2D eigenvalue weighted by molar-refractivity contribution is 5.95. The van der Waals surface area contributed by atoms with Gasteiger partial charge in [0.2, 0.25) is 0 Å². The van der Waals surface area contributed by atoms with Gasteiger partial charge in [-0.05, 0) is 24.5 Å². The topological polar surface area (TPSA) is 34.2 Å². The van der Waals surface area contributed by atoms with Gasteiger partial charge in [0, 0.05) is 29.4 Å². The smallest absolute Gasteiger partial charge is 0.148 e. The predicted molar refractivity (Wildman–Crippen MR) is 81.1 cm³/mol. The third kappa shape index (κ3) is 2.84. The van der Waals surface area contributed by atoms with E-state index in [1.807, 2.05) is 6.07 Å². The van der Waals surface area contributed by atoms with Crippen molar-refractivity contribution in [3.63, 3.8) is 0 Å². The first-order valence-corrected chi connectivity index (χ1v) is 6.98. The number of aromatic nitrogens is 1. The fraction of sp³-hybridized carbons (Fsp3) is 0.438. The molecule has 0 saturated carbocycles. The van der Waals surface area contributed by atoms with Crippen LogP contribution < -0.4 is 10.1 Å². The molecule has 0 aliphatic heterocycles. The second-order valence-corrected chi connectivity index (χ2v) is 5.18. The minimum Gasteiger partial charge on any atom is -0.494 e. The van der Waals surface area contributed by atoms with E-state index < -0.39 is 0 Å². The molecule has 0 aliphatic carbocycles. The number of fused-ring (bicyclic) bond motifs is 1. The number of nitrogens with zero attached hydrogens (tertiary/aromatic N) is 1. The Labute approximate surface area is 119 Å². The highest BCUT2D eigenvalue weighted by Crippen LogP contribution is 2.33. The van der Waals surface area contributed by atoms with Gasteiger partial charge < -0.3 is 10.1 Å². The predicted octanol–water partition coefficient (Wildman–Crippen LogP) is 4.33. The molecule has 0 atom stereocenters. The summed E-state index contributed by atoms with van der Waals surface area (Å²) in [5.41, 5.74) is 2.60. The van der Waals surface area contributed by atoms with Gasteiger partial charge in [-0.3, -0.25) is 0 Å². The lowest BCUT2D eigenvalue weighted by atomic mass is 10.1. The fourth-order valence-electron chi connectivity index (χ4n) is 2.14. The van der Waals surface area contributed by atoms with Gasteiger partial charge in [-0.1, -0.05) is 20.8 Å². The van der Waals surface area contributed by atoms with Crippen LogP contribution in [-0.2, 0) is 0 Å². The molecule has 0 unspecified atom stereocenters. The first kappa shape index (κ1) is 14.6. The van der Waals surface area contributed by atoms with E-state index in [0.717, 1.165) is 29.7 Å². The number of hydrogen-bond acceptors (Lipinski definition) is 3. The Morgan fingerprint density at radius 3 is 2.65 bits per heavy atom. The summed E-state index contributed by atoms with van der Waals surface area (Å²) in [5, 5.41) is 4.11. The minimum atomic E-state index is -0.312. The first-order valence-electron chi connectivity index (χ1n) is 6.98. The van der Waals surface area contributed by atoms with Gasteiger partial charge in [-0.25, -0.2) is 9.37 Å². The van der Waals surface area contributed by atoms with Crippen molar-refractivity contribution in [2.75, 3.05) is 19.0 Å². The maximum atomic E-state index is 13.7. The van der Waals surface area contributed by atoms with Gasteiger partial charge in [0.25, 0.3) is 0 Å². The first-order chi connectivity index (χ1) is 9.56. The van der Waals surface area contributed by atoms with Crippen molar-refractivity contribution >= 4 is 16.6 Å². The number of hydrogen-bond donors (Lipinski definition) is 1. The Kier molecular flexibility index (Phi) is 4.42. The lowest BCUT2D eigenvalue weighted by molar-refractivity contribution is 0.415. The zero-order valence-electron chi connectivity index (χ0n) is 12.5. The van der Waals surface area contributed by atoms with Gasteiger partial charge in [0.05, 0.1) is 7.11 Å². The molecule has 0 bridgehead atoms. The number of methoxy groups -OCH3 is 1. The quantitative estimate of drug-likeness (QED) is 0.882. The summed E-state index contributed by atoms with van der Waals surface area (Å²) in [6.45, 7) is 7.12. The SMILES string of the molecule is CCCNc1cc(C(C)C)nc2c(OC)cc(F)cc12. The van der Waals surface area contributed by atoms with Crippen molar-refractivity contribution < 1.29 is 9.13 Å². The molecule has 3 nitrogen and oxygen atoms in total. The van der Waals surface area contributed by atoms with Crippen molar-refractivity contribution in [2.45, 2.75) is 33.1 Å². The lowest BCUT2D eigenvalue weighted by Crippen LogP contribution is -2.04. The highest BCUT2D eigenvalue weighted by Gasteiger charge is 2.13. The summed E-state index contributed by atoms with van der Waals surface area (Å²) in [6.07, 6.45) is 1.01. The summed E-state index contributed by atoms with van der Waals surface area (Å²) < 4.78 is 19.0. The maximum Gasteiger partial charge on any atom is 0.148 e. The molecule has 2 aromatic rings. The summed E-state index contributed by atoms with van der Waals surface area (Å²) in [7, 11) is 1.54. The van der Waals surface area contributed by atoms with E-state index in [1.54, 1.807) is 0 Å². The molecule has 0 saturated heterocycles. The number of rotatable bonds is 5. The number of halogens is 1. The third-order valence-corrected chi connectivity index (χ3v) is 3.24. The third-order valence-electron chi connectivity index (χ3n) is 3.24. The normalized spacial score (nSPS) is 11.1. The Balaban J connectivity index is 2.69. The number of anilines is 1. The van der Waals surface area contributed by atoms with E-state index in [1.165, 1.54) is 19.2 Å². The molecule has 0 amide bonds. The minimum absolute atomic E-state index is 0.302. The molecule has 1 aromatic heterocycles. The molecular formula is C16H21FN2O. The average molecular weight is 276 g/mol. The second-order valence-electron chi connectivity index (χ2n) is 5.18. The van der Waals surface area contributed by atoms with E-state index in [0.29, 0.717) is 17.2 Å². The van der Waals surface area contributed by atoms with Gasteiger partial charge >= 0.3 is 0 Å². The van der Waals surface area contributed by atoms with Crippen molar-refractivity contribution in [2.24, 2.45) is 0 Å². The summed E-state index contributed by atoms with van der Waals surface area (Å²) in [4.78, 5) is 4.62. The fourth-order valence-corrected chi connectivity index (χ4v) is 2.14. The van der Waals surface area contributed by atoms with Crippen LogP contribution >= 0.6 is 0 Å². The molecule has 2 rings (SSSR count). The highest BCUT2D eigenvalue weighted by atomic mass is 19.1. The zero-order chi connectivity index (χ0) is 14.7. The van der Waals surface area contributed by atoms with Gasteiger partial charge in [-0.2, -0.15) is 0 Å². The van der Waals surface area contributed by atoms with E-state index in [2.05, 4.69) is 31.1 Å². The molecule has 20 heavy (non-hydrogen) atoms. The molecule has 108 valence electrons. The van der Waals surface area contributed by atoms with Crippen LogP contribution in [0.5, 0.6) is 5.75 Å². The van der Waals surface area contributed by atoms with E-state index >= 15 is 0 Å². The van der Waals surface area contributed by atoms with E-state index in [9.17, 15) is 4.39 Å². The molecular weight excluding hydrogens is 255 g/mol. The Bertz CT molecular complexity index is 611. The molecule has 0 fully saturated rings. The molecule has 0 spiro atoms. The van der Waals surface area contributed by atoms with Crippen LogP contribution in [0.3, 0.4) is 0 Å². The molecule has 0 radical (unpaired) electrons. The summed E-state index contributed by atoms with van der Waals surface area (Å²) in [6, 6.07) is 4.89. The van der Waals surface area contributed by atoms with Crippen LogP contribution in [0.2, 0.25) is 0 Å². The van der Waals surface area contributed by atoms with Crippen LogP contribution in [-0.4, -0.2) is 18.6 Å². The second kappa shape index (κ2) is 6.07. The van der Waals surface area contributed by atoms with Gasteiger partial charge in [0.15, 0.2) is 0 Å². The van der Waals surface area contributed by atoms with E-state index in [4.69, 9.17) is 4.74 Å². The van der Waals surface area contributed by atoms with E-state index in [-0.39, 0.29) is 5.82 Å². The van der Waals surface area contributed by atoms with Crippen LogP contribution in [0, 0.1) is 5.82 Å². The molecule has 1 heterocycles. The number of ether oxygens (including phenoxy) is 1. The Morgan fingerprint density at radius 2 is 2.05 bits per heavy atom. The molecule has 0 aliphatic rings. The van der Waals surface area contributed by atoms with Crippen molar-refractivity contribution in [3.05, 3.63) is 29.7 Å². The lowest BCUT2D eigenvalue weighted by Gasteiger charge is -2.15. The van der Waals surface area contributed by atoms with Crippen LogP contribution in [0.25, 0.3) is 10.9 Å². The standard InChI is InChI=1S/C16H21FN2O/c1-5-6-18-14-9-13(10(2)3)19-16-12(14)7-11(17)8-15(16)20-4/h7-10H,5-6H2,1-4H3,(H,18,19). The van der Waals surface area contributed by atoms with Crippen LogP contribution in [0.4, 0.5) is 10.1 Å². The number of nitrogens with one attached hydrogen (secondary N) is 1. The van der Waals surface area contributed by atoms with Crippen LogP contribution in [0.15, 0.2) is 18.2 Å². The Morgan fingerprint density at radius 1 is 1.30 bits per heavy atom. The summed E-state index contributed by atoms with van der Waals surface area (Å²) >= 11 is 0. The maximum absolute atomic E-state index is 13.7. The van der Waals surface area contributed by atoms with Crippen molar-refractivity contribution in [1.29, 1.82) is 0 Å². The monoisotopic (exact) mass is 276 g/mol. The Hall–Kier alpha value is -1.84. The average Bonchev–Trinajstić information content (AvgIpc) is 2.43. The molecule has 4 heteroatoms. The largest absolute Gasteiger partial charge is 0.494 e. The van der Waals surface area contributed by atoms with Crippen LogP contribution in [0.1, 0.15) is 38.8 Å².